The van der Waals surface area contributed by atoms with E-state index in [-0.39, 0.29) is 17.6 Å². The van der Waals surface area contributed by atoms with Crippen LogP contribution in [0.2, 0.25) is 0 Å². The first-order chi connectivity index (χ1) is 14.8. The number of benzene rings is 1. The van der Waals surface area contributed by atoms with Crippen LogP contribution >= 0.6 is 12.2 Å². The van der Waals surface area contributed by atoms with Crippen LogP contribution in [-0.2, 0) is 0 Å². The Morgan fingerprint density at radius 1 is 1.26 bits per heavy atom. The molecular formula is C24H25N3O3S. The molecule has 3 heterocycles. The van der Waals surface area contributed by atoms with Gasteiger partial charge in [-0.25, -0.2) is 4.79 Å². The molecule has 2 aromatic heterocycles. The van der Waals surface area contributed by atoms with E-state index < -0.39 is 5.97 Å². The molecule has 0 unspecified atom stereocenters. The van der Waals surface area contributed by atoms with E-state index in [1.807, 2.05) is 37.3 Å². The van der Waals surface area contributed by atoms with Gasteiger partial charge in [-0.3, -0.25) is 4.98 Å². The molecule has 7 heteroatoms. The molecule has 31 heavy (non-hydrogen) atoms. The fourth-order valence-electron chi connectivity index (χ4n) is 4.03. The number of hydrogen-bond acceptors (Lipinski definition) is 4. The fraction of sp³-hybridized carbons (Fsp3) is 0.292. The third kappa shape index (κ3) is 4.18. The van der Waals surface area contributed by atoms with Crippen molar-refractivity contribution in [2.45, 2.75) is 32.9 Å². The first-order valence-electron chi connectivity index (χ1n) is 10.3. The summed E-state index contributed by atoms with van der Waals surface area (Å²) >= 11 is 5.66. The van der Waals surface area contributed by atoms with Crippen molar-refractivity contribution < 1.29 is 14.3 Å². The quantitative estimate of drug-likeness (QED) is 0.529. The molecule has 1 fully saturated rings. The first kappa shape index (κ1) is 21.1. The third-order valence-corrected chi connectivity index (χ3v) is 5.77. The van der Waals surface area contributed by atoms with Gasteiger partial charge in [0.25, 0.3) is 0 Å². The molecule has 1 saturated heterocycles. The monoisotopic (exact) mass is 435 g/mol. The van der Waals surface area contributed by atoms with E-state index in [1.54, 1.807) is 24.4 Å². The topological polar surface area (TPSA) is 78.6 Å². The van der Waals surface area contributed by atoms with Crippen LogP contribution in [0.4, 0.5) is 0 Å². The number of nitrogens with one attached hydrogen (secondary N) is 1. The lowest BCUT2D eigenvalue weighted by atomic mass is 10.0. The SMILES string of the molecule is Cc1cc(C(=O)O)ccc1-c1ccc([C@@H]2[C@@H](c3ccccn3)NC(=S)N2CC(C)C)o1. The number of thiocarbonyl (C=S) groups is 1. The Hall–Kier alpha value is -3.19. The molecule has 1 aliphatic rings. The minimum Gasteiger partial charge on any atom is -0.478 e. The van der Waals surface area contributed by atoms with Gasteiger partial charge in [0.05, 0.1) is 17.3 Å². The van der Waals surface area contributed by atoms with Gasteiger partial charge in [0.15, 0.2) is 5.11 Å². The zero-order chi connectivity index (χ0) is 22.1. The number of carbonyl (C=O) groups is 1. The van der Waals surface area contributed by atoms with Crippen molar-refractivity contribution in [1.29, 1.82) is 0 Å². The predicted octanol–water partition coefficient (Wildman–Crippen LogP) is 4.98. The van der Waals surface area contributed by atoms with Gasteiger partial charge in [0.2, 0.25) is 0 Å². The summed E-state index contributed by atoms with van der Waals surface area (Å²) in [6, 6.07) is 14.6. The number of aromatic carboxylic acids is 1. The fourth-order valence-corrected chi connectivity index (χ4v) is 4.35. The summed E-state index contributed by atoms with van der Waals surface area (Å²) in [6.45, 7) is 7.00. The molecule has 0 saturated carbocycles. The highest BCUT2D eigenvalue weighted by molar-refractivity contribution is 7.80. The van der Waals surface area contributed by atoms with Gasteiger partial charge in [-0.05, 0) is 67.0 Å². The Kier molecular flexibility index (Phi) is 5.78. The highest BCUT2D eigenvalue weighted by Crippen LogP contribution is 2.41. The van der Waals surface area contributed by atoms with Crippen LogP contribution in [-0.4, -0.2) is 32.6 Å². The van der Waals surface area contributed by atoms with E-state index in [2.05, 4.69) is 29.0 Å². The maximum absolute atomic E-state index is 11.3. The van der Waals surface area contributed by atoms with Gasteiger partial charge in [-0.2, -0.15) is 0 Å². The lowest BCUT2D eigenvalue weighted by Crippen LogP contribution is -2.32. The molecule has 0 radical (unpaired) electrons. The van der Waals surface area contributed by atoms with Gasteiger partial charge in [0.1, 0.15) is 17.6 Å². The van der Waals surface area contributed by atoms with Crippen LogP contribution < -0.4 is 5.32 Å². The zero-order valence-corrected chi connectivity index (χ0v) is 18.5. The summed E-state index contributed by atoms with van der Waals surface area (Å²) in [5, 5.41) is 13.3. The summed E-state index contributed by atoms with van der Waals surface area (Å²) in [5.41, 5.74) is 2.88. The highest BCUT2D eigenvalue weighted by Gasteiger charge is 2.41. The third-order valence-electron chi connectivity index (χ3n) is 5.42. The average molecular weight is 436 g/mol. The van der Waals surface area contributed by atoms with Crippen molar-refractivity contribution >= 4 is 23.3 Å². The molecule has 0 spiro atoms. The number of furan rings is 1. The second kappa shape index (κ2) is 8.51. The molecule has 3 aromatic rings. The maximum Gasteiger partial charge on any atom is 0.335 e. The van der Waals surface area contributed by atoms with Crippen molar-refractivity contribution in [2.24, 2.45) is 5.92 Å². The molecule has 0 amide bonds. The molecule has 1 aliphatic heterocycles. The standard InChI is InChI=1S/C24H25N3O3S/c1-14(2)13-27-22(21(26-24(27)31)18-6-4-5-11-25-18)20-10-9-19(30-20)17-8-7-16(23(28)29)12-15(17)3/h4-12,14,21-22H,13H2,1-3H3,(H,26,31)(H,28,29)/t21-,22-/m1/s1. The van der Waals surface area contributed by atoms with Crippen molar-refractivity contribution in [3.8, 4) is 11.3 Å². The average Bonchev–Trinajstić information content (AvgIpc) is 3.33. The Morgan fingerprint density at radius 2 is 2.06 bits per heavy atom. The zero-order valence-electron chi connectivity index (χ0n) is 17.7. The van der Waals surface area contributed by atoms with E-state index in [1.165, 1.54) is 0 Å². The van der Waals surface area contributed by atoms with E-state index in [0.717, 1.165) is 29.1 Å². The molecule has 160 valence electrons. The van der Waals surface area contributed by atoms with Crippen LogP contribution in [0.1, 0.15) is 53.3 Å². The van der Waals surface area contributed by atoms with Gasteiger partial charge < -0.3 is 19.7 Å². The number of carboxylic acid groups (broad SMARTS) is 1. The smallest absolute Gasteiger partial charge is 0.335 e. The Balaban J connectivity index is 1.73. The minimum atomic E-state index is -0.942. The van der Waals surface area contributed by atoms with Gasteiger partial charge >= 0.3 is 5.97 Å². The molecule has 2 atom stereocenters. The van der Waals surface area contributed by atoms with E-state index >= 15 is 0 Å². The number of hydrogen-bond donors (Lipinski definition) is 2. The highest BCUT2D eigenvalue weighted by atomic mass is 32.1. The lowest BCUT2D eigenvalue weighted by molar-refractivity contribution is 0.0697. The molecule has 1 aromatic carbocycles. The van der Waals surface area contributed by atoms with Gasteiger partial charge in [-0.1, -0.05) is 26.0 Å². The number of aromatic nitrogens is 1. The van der Waals surface area contributed by atoms with Crippen LogP contribution in [0.3, 0.4) is 0 Å². The van der Waals surface area contributed by atoms with Gasteiger partial charge in [0, 0.05) is 18.3 Å². The second-order valence-corrected chi connectivity index (χ2v) is 8.60. The summed E-state index contributed by atoms with van der Waals surface area (Å²) < 4.78 is 6.33. The van der Waals surface area contributed by atoms with E-state index in [9.17, 15) is 9.90 Å². The van der Waals surface area contributed by atoms with Crippen LogP contribution in [0, 0.1) is 12.8 Å². The summed E-state index contributed by atoms with van der Waals surface area (Å²) in [7, 11) is 0. The van der Waals surface area contributed by atoms with Crippen LogP contribution in [0.5, 0.6) is 0 Å². The molecule has 2 N–H and O–H groups in total. The normalized spacial score (nSPS) is 18.5. The van der Waals surface area contributed by atoms with Crippen LogP contribution in [0.15, 0.2) is 59.1 Å². The molecule has 6 nitrogen and oxygen atoms in total. The number of aryl methyl sites for hydroxylation is 1. The number of carboxylic acids is 1. The largest absolute Gasteiger partial charge is 0.478 e. The molecular weight excluding hydrogens is 410 g/mol. The number of nitrogens with zero attached hydrogens (tertiary/aromatic N) is 2. The Bertz CT molecular complexity index is 1110. The Labute approximate surface area is 186 Å². The minimum absolute atomic E-state index is 0.123. The second-order valence-electron chi connectivity index (χ2n) is 8.21. The first-order valence-corrected chi connectivity index (χ1v) is 10.7. The maximum atomic E-state index is 11.3. The molecule has 4 rings (SSSR count). The van der Waals surface area contributed by atoms with E-state index in [0.29, 0.717) is 16.8 Å². The van der Waals surface area contributed by atoms with Crippen molar-refractivity contribution in [2.75, 3.05) is 6.54 Å². The summed E-state index contributed by atoms with van der Waals surface area (Å²) in [5.74, 6) is 0.972. The van der Waals surface area contributed by atoms with Crippen molar-refractivity contribution in [1.82, 2.24) is 15.2 Å². The van der Waals surface area contributed by atoms with Crippen molar-refractivity contribution in [3.05, 3.63) is 77.3 Å². The van der Waals surface area contributed by atoms with Crippen LogP contribution in [0.25, 0.3) is 11.3 Å². The summed E-state index contributed by atoms with van der Waals surface area (Å²) in [6.07, 6.45) is 1.78. The molecule has 0 aliphatic carbocycles. The molecule has 0 bridgehead atoms. The van der Waals surface area contributed by atoms with E-state index in [4.69, 9.17) is 16.6 Å². The van der Waals surface area contributed by atoms with Crippen molar-refractivity contribution in [3.63, 3.8) is 0 Å². The summed E-state index contributed by atoms with van der Waals surface area (Å²) in [4.78, 5) is 18.0. The number of rotatable bonds is 6. The Morgan fingerprint density at radius 3 is 2.71 bits per heavy atom. The lowest BCUT2D eigenvalue weighted by Gasteiger charge is -2.27. The number of pyridine rings is 1. The predicted molar refractivity (Wildman–Crippen MR) is 123 cm³/mol. The van der Waals surface area contributed by atoms with Gasteiger partial charge in [-0.15, -0.1) is 0 Å².